The lowest BCUT2D eigenvalue weighted by atomic mass is 10.2. The Bertz CT molecular complexity index is 496. The van der Waals surface area contributed by atoms with Crippen LogP contribution in [0.2, 0.25) is 0 Å². The zero-order valence-electron chi connectivity index (χ0n) is 14.9. The van der Waals surface area contributed by atoms with Gasteiger partial charge in [-0.15, -0.1) is 0 Å². The molecule has 0 aliphatic heterocycles. The van der Waals surface area contributed by atoms with Gasteiger partial charge in [0.05, 0.1) is 0 Å². The predicted molar refractivity (Wildman–Crippen MR) is 103 cm³/mol. The minimum absolute atomic E-state index is 0.0158. The zero-order chi connectivity index (χ0) is 17.9. The Morgan fingerprint density at radius 3 is 2.54 bits per heavy atom. The first-order valence-electron chi connectivity index (χ1n) is 8.37. The number of benzene rings is 1. The van der Waals surface area contributed by atoms with Crippen molar-refractivity contribution in [1.29, 1.82) is 0 Å². The molecule has 0 aliphatic rings. The third kappa shape index (κ3) is 7.81. The van der Waals surface area contributed by atoms with Crippen molar-refractivity contribution < 1.29 is 19.0 Å². The molecule has 0 aliphatic carbocycles. The summed E-state index contributed by atoms with van der Waals surface area (Å²) in [5, 5.41) is 2.72. The first-order valence-corrected chi connectivity index (χ1v) is 9.45. The number of ether oxygens (including phenoxy) is 3. The van der Waals surface area contributed by atoms with E-state index in [1.807, 2.05) is 38.1 Å². The van der Waals surface area contributed by atoms with E-state index in [2.05, 4.69) is 34.8 Å². The number of carbonyl (C=O) groups excluding carboxylic acids is 1. The molecule has 0 bridgehead atoms. The van der Waals surface area contributed by atoms with Crippen LogP contribution in [-0.2, 0) is 14.2 Å². The van der Waals surface area contributed by atoms with Crippen LogP contribution in [-0.4, -0.2) is 25.5 Å². The second kappa shape index (κ2) is 11.7. The topological polar surface area (TPSA) is 56.8 Å². The van der Waals surface area contributed by atoms with Crippen molar-refractivity contribution in [2.45, 2.75) is 65.1 Å². The van der Waals surface area contributed by atoms with Crippen molar-refractivity contribution in [1.82, 2.24) is 5.32 Å². The maximum Gasteiger partial charge on any atom is 0.409 e. The Hall–Kier alpha value is -0.860. The quantitative estimate of drug-likeness (QED) is 0.311. The maximum absolute atomic E-state index is 11.9. The Morgan fingerprint density at radius 1 is 1.25 bits per heavy atom. The van der Waals surface area contributed by atoms with Crippen molar-refractivity contribution in [2.75, 3.05) is 7.11 Å². The van der Waals surface area contributed by atoms with E-state index in [0.29, 0.717) is 6.42 Å². The van der Waals surface area contributed by atoms with Crippen molar-refractivity contribution in [3.8, 4) is 0 Å². The summed E-state index contributed by atoms with van der Waals surface area (Å²) in [7, 11) is 1.59. The number of alkyl carbamates (subject to hydrolysis) is 1. The Labute approximate surface area is 158 Å². The molecule has 24 heavy (non-hydrogen) atoms. The van der Waals surface area contributed by atoms with E-state index in [-0.39, 0.29) is 6.04 Å². The van der Waals surface area contributed by atoms with Gasteiger partial charge >= 0.3 is 6.09 Å². The largest absolute Gasteiger partial charge is 0.420 e. The lowest BCUT2D eigenvalue weighted by Gasteiger charge is -2.25. The van der Waals surface area contributed by atoms with E-state index < -0.39 is 18.7 Å². The molecule has 1 rings (SSSR count). The molecule has 1 aromatic rings. The standard InChI is InChI=1S/C18H28INO4/c1-5-6-7-12-16(24-18(21)20-13(2)3)23-17(22-4)14-10-8-9-11-15(14)19/h8-11,13,16-17H,5-7,12H2,1-4H3,(H,20,21)/t16-,17-/m0/s1. The molecule has 136 valence electrons. The average molecular weight is 449 g/mol. The minimum Gasteiger partial charge on any atom is -0.420 e. The first-order chi connectivity index (χ1) is 11.5. The Kier molecular flexibility index (Phi) is 10.3. The zero-order valence-corrected chi connectivity index (χ0v) is 17.0. The van der Waals surface area contributed by atoms with Gasteiger partial charge in [0.25, 0.3) is 0 Å². The van der Waals surface area contributed by atoms with Gasteiger partial charge < -0.3 is 19.5 Å². The summed E-state index contributed by atoms with van der Waals surface area (Å²) in [6.07, 6.45) is 2.04. The fourth-order valence-electron chi connectivity index (χ4n) is 2.16. The summed E-state index contributed by atoms with van der Waals surface area (Å²) in [5.41, 5.74) is 0.925. The highest BCUT2D eigenvalue weighted by atomic mass is 127. The van der Waals surface area contributed by atoms with Crippen LogP contribution in [0, 0.1) is 3.57 Å². The van der Waals surface area contributed by atoms with E-state index in [9.17, 15) is 4.79 Å². The van der Waals surface area contributed by atoms with Gasteiger partial charge in [-0.25, -0.2) is 4.79 Å². The number of hydrogen-bond acceptors (Lipinski definition) is 4. The van der Waals surface area contributed by atoms with Gasteiger partial charge in [0, 0.05) is 28.7 Å². The van der Waals surface area contributed by atoms with Crippen LogP contribution >= 0.6 is 22.6 Å². The highest BCUT2D eigenvalue weighted by Gasteiger charge is 2.23. The number of halogens is 1. The first kappa shape index (κ1) is 21.2. The molecule has 0 fully saturated rings. The van der Waals surface area contributed by atoms with E-state index in [1.54, 1.807) is 7.11 Å². The number of methoxy groups -OCH3 is 1. The lowest BCUT2D eigenvalue weighted by molar-refractivity contribution is -0.225. The fraction of sp³-hybridized carbons (Fsp3) is 0.611. The summed E-state index contributed by atoms with van der Waals surface area (Å²) in [6.45, 7) is 5.91. The van der Waals surface area contributed by atoms with Gasteiger partial charge in [-0.2, -0.15) is 0 Å². The molecule has 0 unspecified atom stereocenters. The molecule has 0 spiro atoms. The summed E-state index contributed by atoms with van der Waals surface area (Å²) < 4.78 is 17.9. The molecule has 0 heterocycles. The van der Waals surface area contributed by atoms with Crippen molar-refractivity contribution >= 4 is 28.7 Å². The minimum atomic E-state index is -0.642. The monoisotopic (exact) mass is 449 g/mol. The molecule has 0 aromatic heterocycles. The van der Waals surface area contributed by atoms with E-state index in [4.69, 9.17) is 14.2 Å². The highest BCUT2D eigenvalue weighted by Crippen LogP contribution is 2.26. The van der Waals surface area contributed by atoms with Crippen LogP contribution in [0.25, 0.3) is 0 Å². The van der Waals surface area contributed by atoms with Crippen LogP contribution in [0.4, 0.5) is 4.79 Å². The molecule has 0 radical (unpaired) electrons. The van der Waals surface area contributed by atoms with Crippen molar-refractivity contribution in [3.05, 3.63) is 33.4 Å². The predicted octanol–water partition coefficient (Wildman–Crippen LogP) is 4.99. The molecular weight excluding hydrogens is 421 g/mol. The Morgan fingerprint density at radius 2 is 1.96 bits per heavy atom. The number of amides is 1. The van der Waals surface area contributed by atoms with Crippen molar-refractivity contribution in [2.24, 2.45) is 0 Å². The summed E-state index contributed by atoms with van der Waals surface area (Å²) >= 11 is 2.24. The molecule has 6 heteroatoms. The van der Waals surface area contributed by atoms with Gasteiger partial charge in [-0.3, -0.25) is 0 Å². The van der Waals surface area contributed by atoms with Crippen LogP contribution in [0.5, 0.6) is 0 Å². The molecule has 0 saturated carbocycles. The van der Waals surface area contributed by atoms with Crippen LogP contribution in [0.15, 0.2) is 24.3 Å². The lowest BCUT2D eigenvalue weighted by Crippen LogP contribution is -2.35. The summed E-state index contributed by atoms with van der Waals surface area (Å²) in [4.78, 5) is 11.9. The van der Waals surface area contributed by atoms with Crippen LogP contribution in [0.3, 0.4) is 0 Å². The summed E-state index contributed by atoms with van der Waals surface area (Å²) in [6, 6.07) is 7.85. The second-order valence-corrected chi connectivity index (χ2v) is 7.02. The third-order valence-electron chi connectivity index (χ3n) is 3.34. The fourth-order valence-corrected chi connectivity index (χ4v) is 2.81. The van der Waals surface area contributed by atoms with Gasteiger partial charge in [0.2, 0.25) is 6.29 Å². The molecule has 0 saturated heterocycles. The van der Waals surface area contributed by atoms with Gasteiger partial charge in [0.15, 0.2) is 6.29 Å². The molecule has 1 N–H and O–H groups in total. The maximum atomic E-state index is 11.9. The van der Waals surface area contributed by atoms with Gasteiger partial charge in [-0.05, 0) is 48.9 Å². The third-order valence-corrected chi connectivity index (χ3v) is 4.32. The molecule has 2 atom stereocenters. The number of carbonyl (C=O) groups is 1. The number of unbranched alkanes of at least 4 members (excludes halogenated alkanes) is 2. The highest BCUT2D eigenvalue weighted by molar-refractivity contribution is 14.1. The van der Waals surface area contributed by atoms with Gasteiger partial charge in [-0.1, -0.05) is 38.0 Å². The second-order valence-electron chi connectivity index (χ2n) is 5.85. The number of nitrogens with one attached hydrogen (secondary N) is 1. The van der Waals surface area contributed by atoms with Gasteiger partial charge in [0.1, 0.15) is 0 Å². The number of hydrogen-bond donors (Lipinski definition) is 1. The molecule has 1 amide bonds. The van der Waals surface area contributed by atoms with Crippen LogP contribution < -0.4 is 5.32 Å². The smallest absolute Gasteiger partial charge is 0.409 e. The molecule has 5 nitrogen and oxygen atoms in total. The van der Waals surface area contributed by atoms with E-state index in [0.717, 1.165) is 28.4 Å². The SMILES string of the molecule is CCCCC[C@H](OC(=O)NC(C)C)O[C@H](OC)c1ccccc1I. The average Bonchev–Trinajstić information content (AvgIpc) is 2.52. The summed E-state index contributed by atoms with van der Waals surface area (Å²) in [5.74, 6) is 0. The normalized spacial score (nSPS) is 13.6. The Balaban J connectivity index is 2.76. The van der Waals surface area contributed by atoms with Crippen molar-refractivity contribution in [3.63, 3.8) is 0 Å². The van der Waals surface area contributed by atoms with E-state index >= 15 is 0 Å². The van der Waals surface area contributed by atoms with Crippen LogP contribution in [0.1, 0.15) is 58.3 Å². The molecular formula is C18H28INO4. The molecule has 1 aromatic carbocycles. The van der Waals surface area contributed by atoms with E-state index in [1.165, 1.54) is 0 Å². The number of rotatable bonds is 10.